The van der Waals surface area contributed by atoms with Gasteiger partial charge in [0.2, 0.25) is 5.91 Å². The topological polar surface area (TPSA) is 107 Å². The maximum Gasteiger partial charge on any atom is 0.295 e. The second kappa shape index (κ2) is 4.73. The van der Waals surface area contributed by atoms with Gasteiger partial charge in [-0.25, -0.2) is 0 Å². The number of hydrogen-bond donors (Lipinski definition) is 3. The van der Waals surface area contributed by atoms with Crippen molar-refractivity contribution in [3.8, 4) is 0 Å². The molecule has 1 amide bonds. The van der Waals surface area contributed by atoms with Gasteiger partial charge in [-0.1, -0.05) is 6.07 Å². The summed E-state index contributed by atoms with van der Waals surface area (Å²) in [5.74, 6) is -0.311. The van der Waals surface area contributed by atoms with Crippen molar-refractivity contribution in [3.05, 3.63) is 18.2 Å². The van der Waals surface area contributed by atoms with E-state index >= 15 is 0 Å². The minimum absolute atomic E-state index is 0.311. The summed E-state index contributed by atoms with van der Waals surface area (Å²) < 4.78 is 5.44. The molecule has 0 atom stereocenters. The van der Waals surface area contributed by atoms with Gasteiger partial charge in [-0.2, -0.15) is 4.98 Å². The van der Waals surface area contributed by atoms with Gasteiger partial charge >= 0.3 is 0 Å². The second-order valence-corrected chi connectivity index (χ2v) is 3.71. The van der Waals surface area contributed by atoms with Crippen LogP contribution in [0.5, 0.6) is 0 Å². The largest absolute Gasteiger partial charge is 0.423 e. The van der Waals surface area contributed by atoms with Gasteiger partial charge in [0.1, 0.15) is 5.52 Å². The van der Waals surface area contributed by atoms with Gasteiger partial charge in [0.05, 0.1) is 5.69 Å². The Morgan fingerprint density at radius 2 is 2.29 bits per heavy atom. The van der Waals surface area contributed by atoms with E-state index in [0.29, 0.717) is 42.2 Å². The molecule has 2 rings (SSSR count). The van der Waals surface area contributed by atoms with Crippen LogP contribution in [0.1, 0.15) is 12.8 Å². The molecule has 0 radical (unpaired) electrons. The highest BCUT2D eigenvalue weighted by atomic mass is 16.4. The van der Waals surface area contributed by atoms with E-state index in [1.807, 2.05) is 0 Å². The number of hydrogen-bond acceptors (Lipinski definition) is 5. The lowest BCUT2D eigenvalue weighted by Gasteiger charge is -1.98. The fourth-order valence-corrected chi connectivity index (χ4v) is 1.50. The molecule has 90 valence electrons. The summed E-state index contributed by atoms with van der Waals surface area (Å²) in [4.78, 5) is 14.7. The molecule has 0 spiro atoms. The number of fused-ring (bicyclic) bond motifs is 1. The van der Waals surface area contributed by atoms with Crippen molar-refractivity contribution >= 4 is 28.7 Å². The Morgan fingerprint density at radius 3 is 3.00 bits per heavy atom. The number of benzene rings is 1. The zero-order valence-electron chi connectivity index (χ0n) is 9.27. The Balaban J connectivity index is 2.00. The zero-order valence-corrected chi connectivity index (χ0v) is 9.27. The number of primary amides is 1. The van der Waals surface area contributed by atoms with Crippen LogP contribution in [0.15, 0.2) is 22.6 Å². The smallest absolute Gasteiger partial charge is 0.295 e. The number of oxazole rings is 1. The standard InChI is InChI=1S/C11H14N4O2/c12-7-3-1-4-8-10(7)15-11(17-8)14-6-2-5-9(13)16/h1,3-4H,2,5-6,12H2,(H2,13,16)(H,14,15). The lowest BCUT2D eigenvalue weighted by atomic mass is 10.3. The van der Waals surface area contributed by atoms with Crippen molar-refractivity contribution < 1.29 is 9.21 Å². The molecule has 1 heterocycles. The highest BCUT2D eigenvalue weighted by Crippen LogP contribution is 2.23. The SMILES string of the molecule is NC(=O)CCCNc1nc2c(N)cccc2o1. The molecule has 0 aliphatic carbocycles. The molecule has 0 aliphatic rings. The summed E-state index contributed by atoms with van der Waals surface area (Å²) >= 11 is 0. The molecule has 0 saturated carbocycles. The van der Waals surface area contributed by atoms with Crippen LogP contribution in [0.25, 0.3) is 11.1 Å². The van der Waals surface area contributed by atoms with Gasteiger partial charge in [-0.3, -0.25) is 4.79 Å². The van der Waals surface area contributed by atoms with Crippen LogP contribution in [0.2, 0.25) is 0 Å². The molecule has 0 fully saturated rings. The Hall–Kier alpha value is -2.24. The van der Waals surface area contributed by atoms with E-state index in [4.69, 9.17) is 15.9 Å². The average molecular weight is 234 g/mol. The number of nitrogens with zero attached hydrogens (tertiary/aromatic N) is 1. The quantitative estimate of drug-likeness (QED) is 0.530. The van der Waals surface area contributed by atoms with Gasteiger partial charge in [0.25, 0.3) is 6.01 Å². The lowest BCUT2D eigenvalue weighted by molar-refractivity contribution is -0.118. The number of nitrogens with two attached hydrogens (primary N) is 2. The molecule has 17 heavy (non-hydrogen) atoms. The van der Waals surface area contributed by atoms with Gasteiger partial charge < -0.3 is 21.2 Å². The molecule has 1 aromatic heterocycles. The van der Waals surface area contributed by atoms with Crippen LogP contribution in [0.3, 0.4) is 0 Å². The third kappa shape index (κ3) is 2.66. The number of carbonyl (C=O) groups is 1. The maximum atomic E-state index is 10.5. The van der Waals surface area contributed by atoms with E-state index < -0.39 is 0 Å². The van der Waals surface area contributed by atoms with Gasteiger partial charge in [-0.05, 0) is 18.6 Å². The van der Waals surface area contributed by atoms with Crippen molar-refractivity contribution in [2.75, 3.05) is 17.6 Å². The monoisotopic (exact) mass is 234 g/mol. The van der Waals surface area contributed by atoms with Crippen molar-refractivity contribution in [3.63, 3.8) is 0 Å². The number of para-hydroxylation sites is 1. The summed E-state index contributed by atoms with van der Waals surface area (Å²) in [7, 11) is 0. The fraction of sp³-hybridized carbons (Fsp3) is 0.273. The van der Waals surface area contributed by atoms with E-state index in [9.17, 15) is 4.79 Å². The van der Waals surface area contributed by atoms with Crippen LogP contribution in [-0.4, -0.2) is 17.4 Å². The molecular formula is C11H14N4O2. The third-order valence-corrected chi connectivity index (χ3v) is 2.33. The lowest BCUT2D eigenvalue weighted by Crippen LogP contribution is -2.12. The second-order valence-electron chi connectivity index (χ2n) is 3.71. The first-order valence-electron chi connectivity index (χ1n) is 5.34. The third-order valence-electron chi connectivity index (χ3n) is 2.33. The van der Waals surface area contributed by atoms with E-state index in [2.05, 4.69) is 10.3 Å². The zero-order chi connectivity index (χ0) is 12.3. The molecule has 1 aromatic carbocycles. The molecule has 5 N–H and O–H groups in total. The number of nitrogens with one attached hydrogen (secondary N) is 1. The fourth-order valence-electron chi connectivity index (χ4n) is 1.50. The molecule has 0 aliphatic heterocycles. The first kappa shape index (κ1) is 11.3. The highest BCUT2D eigenvalue weighted by Gasteiger charge is 2.07. The molecule has 0 saturated heterocycles. The Kier molecular flexibility index (Phi) is 3.13. The predicted molar refractivity (Wildman–Crippen MR) is 65.3 cm³/mol. The van der Waals surface area contributed by atoms with E-state index in [0.717, 1.165) is 0 Å². The predicted octanol–water partition coefficient (Wildman–Crippen LogP) is 1.09. The average Bonchev–Trinajstić information content (AvgIpc) is 2.69. The number of nitrogen functional groups attached to an aromatic ring is 1. The molecule has 6 nitrogen and oxygen atoms in total. The Morgan fingerprint density at radius 1 is 1.47 bits per heavy atom. The van der Waals surface area contributed by atoms with Crippen LogP contribution >= 0.6 is 0 Å². The van der Waals surface area contributed by atoms with E-state index in [-0.39, 0.29) is 5.91 Å². The summed E-state index contributed by atoms with van der Waals surface area (Å²) in [5.41, 5.74) is 12.6. The number of aromatic nitrogens is 1. The van der Waals surface area contributed by atoms with Crippen molar-refractivity contribution in [2.24, 2.45) is 5.73 Å². The minimum Gasteiger partial charge on any atom is -0.423 e. The molecule has 6 heteroatoms. The summed E-state index contributed by atoms with van der Waals surface area (Å²) in [6, 6.07) is 5.77. The van der Waals surface area contributed by atoms with E-state index in [1.54, 1.807) is 18.2 Å². The van der Waals surface area contributed by atoms with Crippen LogP contribution in [0.4, 0.5) is 11.7 Å². The van der Waals surface area contributed by atoms with Gasteiger partial charge in [0, 0.05) is 13.0 Å². The maximum absolute atomic E-state index is 10.5. The first-order chi connectivity index (χ1) is 8.16. The number of rotatable bonds is 5. The van der Waals surface area contributed by atoms with Crippen molar-refractivity contribution in [1.29, 1.82) is 0 Å². The Bertz CT molecular complexity index is 535. The Labute approximate surface area is 98.0 Å². The summed E-state index contributed by atoms with van der Waals surface area (Å²) in [5, 5.41) is 2.98. The molecule has 2 aromatic rings. The van der Waals surface area contributed by atoms with Gasteiger partial charge in [-0.15, -0.1) is 0 Å². The van der Waals surface area contributed by atoms with E-state index in [1.165, 1.54) is 0 Å². The minimum atomic E-state index is -0.311. The molecule has 0 unspecified atom stereocenters. The summed E-state index contributed by atoms with van der Waals surface area (Å²) in [6.45, 7) is 0.579. The molecular weight excluding hydrogens is 220 g/mol. The first-order valence-corrected chi connectivity index (χ1v) is 5.34. The van der Waals surface area contributed by atoms with Gasteiger partial charge in [0.15, 0.2) is 5.58 Å². The molecule has 0 bridgehead atoms. The van der Waals surface area contributed by atoms with Crippen LogP contribution in [0, 0.1) is 0 Å². The van der Waals surface area contributed by atoms with Crippen molar-refractivity contribution in [1.82, 2.24) is 4.98 Å². The number of carbonyl (C=O) groups excluding carboxylic acids is 1. The highest BCUT2D eigenvalue weighted by molar-refractivity contribution is 5.86. The number of amides is 1. The summed E-state index contributed by atoms with van der Waals surface area (Å²) in [6.07, 6.45) is 0.985. The van der Waals surface area contributed by atoms with Crippen molar-refractivity contribution in [2.45, 2.75) is 12.8 Å². The van der Waals surface area contributed by atoms with Crippen LogP contribution < -0.4 is 16.8 Å². The van der Waals surface area contributed by atoms with Crippen LogP contribution in [-0.2, 0) is 4.79 Å². The number of anilines is 2. The normalized spacial score (nSPS) is 10.6.